The number of rotatable bonds is 5. The van der Waals surface area contributed by atoms with Crippen LogP contribution in [0.1, 0.15) is 19.4 Å². The van der Waals surface area contributed by atoms with Gasteiger partial charge in [0.2, 0.25) is 5.91 Å². The Morgan fingerprint density at radius 2 is 1.65 bits per heavy atom. The molecule has 0 aliphatic carbocycles. The molecule has 1 aliphatic heterocycles. The number of piperazine rings is 1. The summed E-state index contributed by atoms with van der Waals surface area (Å²) in [5, 5.41) is 0. The summed E-state index contributed by atoms with van der Waals surface area (Å²) < 4.78 is 15.5. The van der Waals surface area contributed by atoms with Crippen molar-refractivity contribution in [2.24, 2.45) is 0 Å². The number of ether oxygens (including phenoxy) is 3. The Hall–Kier alpha value is -2.70. The van der Waals surface area contributed by atoms with Gasteiger partial charge < -0.3 is 24.0 Å². The second-order valence-electron chi connectivity index (χ2n) is 5.92. The zero-order valence-corrected chi connectivity index (χ0v) is 15.8. The number of carbonyl (C=O) groups excluding carboxylic acids is 2. The van der Waals surface area contributed by atoms with Crippen LogP contribution < -0.4 is 9.47 Å². The van der Waals surface area contributed by atoms with Gasteiger partial charge in [0.05, 0.1) is 20.8 Å². The average molecular weight is 362 g/mol. The predicted molar refractivity (Wildman–Crippen MR) is 98.4 cm³/mol. The van der Waals surface area contributed by atoms with E-state index in [-0.39, 0.29) is 12.0 Å². The van der Waals surface area contributed by atoms with Gasteiger partial charge in [0, 0.05) is 31.8 Å². The van der Waals surface area contributed by atoms with Crippen LogP contribution in [0.3, 0.4) is 0 Å². The molecule has 0 radical (unpaired) electrons. The van der Waals surface area contributed by atoms with Crippen LogP contribution in [0.4, 0.5) is 4.79 Å². The molecule has 0 unspecified atom stereocenters. The second-order valence-corrected chi connectivity index (χ2v) is 5.92. The van der Waals surface area contributed by atoms with E-state index in [1.165, 1.54) is 0 Å². The average Bonchev–Trinajstić information content (AvgIpc) is 2.67. The molecule has 1 aromatic carbocycles. The number of carbonyl (C=O) groups is 2. The van der Waals surface area contributed by atoms with Crippen LogP contribution >= 0.6 is 0 Å². The molecule has 1 heterocycles. The Morgan fingerprint density at radius 1 is 1.04 bits per heavy atom. The quantitative estimate of drug-likeness (QED) is 0.753. The van der Waals surface area contributed by atoms with Crippen LogP contribution in [-0.2, 0) is 9.53 Å². The summed E-state index contributed by atoms with van der Waals surface area (Å²) in [5.74, 6) is 1.22. The zero-order chi connectivity index (χ0) is 19.1. The van der Waals surface area contributed by atoms with E-state index >= 15 is 0 Å². The van der Waals surface area contributed by atoms with Crippen LogP contribution in [0, 0.1) is 0 Å². The lowest BCUT2D eigenvalue weighted by Crippen LogP contribution is -2.50. The molecule has 7 nitrogen and oxygen atoms in total. The molecule has 7 heteroatoms. The molecule has 0 bridgehead atoms. The Kier molecular flexibility index (Phi) is 6.89. The van der Waals surface area contributed by atoms with E-state index < -0.39 is 0 Å². The van der Waals surface area contributed by atoms with Crippen molar-refractivity contribution in [3.05, 3.63) is 29.3 Å². The Morgan fingerprint density at radius 3 is 2.23 bits per heavy atom. The van der Waals surface area contributed by atoms with E-state index in [0.29, 0.717) is 49.9 Å². The summed E-state index contributed by atoms with van der Waals surface area (Å²) in [4.78, 5) is 27.8. The minimum atomic E-state index is -0.322. The summed E-state index contributed by atoms with van der Waals surface area (Å²) in [7, 11) is 3.16. The summed E-state index contributed by atoms with van der Waals surface area (Å²) in [6, 6.07) is 5.51. The van der Waals surface area contributed by atoms with E-state index in [1.54, 1.807) is 43.9 Å². The number of hydrogen-bond acceptors (Lipinski definition) is 5. The molecule has 2 amide bonds. The second kappa shape index (κ2) is 9.12. The molecular weight excluding hydrogens is 336 g/mol. The smallest absolute Gasteiger partial charge is 0.409 e. The van der Waals surface area contributed by atoms with Crippen LogP contribution in [0.25, 0.3) is 6.08 Å². The van der Waals surface area contributed by atoms with Crippen LogP contribution in [-0.4, -0.2) is 68.8 Å². The normalized spacial score (nSPS) is 14.8. The third-order valence-corrected chi connectivity index (χ3v) is 4.22. The predicted octanol–water partition coefficient (Wildman–Crippen LogP) is 2.41. The van der Waals surface area contributed by atoms with Crippen molar-refractivity contribution < 1.29 is 23.8 Å². The maximum atomic E-state index is 12.6. The molecule has 0 atom stereocenters. The maximum absolute atomic E-state index is 12.6. The molecule has 26 heavy (non-hydrogen) atoms. The highest BCUT2D eigenvalue weighted by Gasteiger charge is 2.25. The molecule has 1 saturated heterocycles. The minimum absolute atomic E-state index is 0.0386. The largest absolute Gasteiger partial charge is 0.493 e. The summed E-state index contributed by atoms with van der Waals surface area (Å²) in [6.07, 6.45) is 1.50. The van der Waals surface area contributed by atoms with Gasteiger partial charge in [-0.05, 0) is 37.6 Å². The SMILES string of the molecule is CCOC(=O)N1CCN(C(=O)/C(C)=C/c2ccc(OC)c(OC)c2)CC1. The Bertz CT molecular complexity index is 679. The monoisotopic (exact) mass is 362 g/mol. The van der Waals surface area contributed by atoms with Gasteiger partial charge >= 0.3 is 6.09 Å². The van der Waals surface area contributed by atoms with Crippen molar-refractivity contribution in [3.8, 4) is 11.5 Å². The third-order valence-electron chi connectivity index (χ3n) is 4.22. The van der Waals surface area contributed by atoms with E-state index in [2.05, 4.69) is 0 Å². The number of nitrogens with zero attached hydrogens (tertiary/aromatic N) is 2. The lowest BCUT2D eigenvalue weighted by atomic mass is 10.1. The topological polar surface area (TPSA) is 68.3 Å². The van der Waals surface area contributed by atoms with Gasteiger partial charge in [-0.25, -0.2) is 4.79 Å². The van der Waals surface area contributed by atoms with Gasteiger partial charge in [-0.1, -0.05) is 6.07 Å². The van der Waals surface area contributed by atoms with E-state index in [4.69, 9.17) is 14.2 Å². The van der Waals surface area contributed by atoms with Gasteiger partial charge in [0.1, 0.15) is 0 Å². The highest BCUT2D eigenvalue weighted by atomic mass is 16.6. The first-order chi connectivity index (χ1) is 12.5. The third kappa shape index (κ3) is 4.68. The van der Waals surface area contributed by atoms with E-state index in [9.17, 15) is 9.59 Å². The van der Waals surface area contributed by atoms with Crippen LogP contribution in [0.15, 0.2) is 23.8 Å². The molecule has 2 rings (SSSR count). The van der Waals surface area contributed by atoms with Crippen LogP contribution in [0.2, 0.25) is 0 Å². The summed E-state index contributed by atoms with van der Waals surface area (Å²) in [5.41, 5.74) is 1.49. The summed E-state index contributed by atoms with van der Waals surface area (Å²) >= 11 is 0. The highest BCUT2D eigenvalue weighted by Crippen LogP contribution is 2.28. The van der Waals surface area contributed by atoms with E-state index in [1.807, 2.05) is 18.2 Å². The van der Waals surface area contributed by atoms with Crippen molar-refractivity contribution in [3.63, 3.8) is 0 Å². The Labute approximate surface area is 154 Å². The zero-order valence-electron chi connectivity index (χ0n) is 15.8. The summed E-state index contributed by atoms with van der Waals surface area (Å²) in [6.45, 7) is 5.87. The standard InChI is InChI=1S/C19H26N2O5/c1-5-26-19(23)21-10-8-20(9-11-21)18(22)14(2)12-15-6-7-16(24-3)17(13-15)25-4/h6-7,12-13H,5,8-11H2,1-4H3/b14-12+. The van der Waals surface area contributed by atoms with Gasteiger partial charge in [-0.3, -0.25) is 4.79 Å². The fourth-order valence-corrected chi connectivity index (χ4v) is 2.81. The molecule has 1 fully saturated rings. The van der Waals surface area contributed by atoms with Crippen molar-refractivity contribution in [1.29, 1.82) is 0 Å². The number of hydrogen-bond donors (Lipinski definition) is 0. The van der Waals surface area contributed by atoms with Crippen LogP contribution in [0.5, 0.6) is 11.5 Å². The minimum Gasteiger partial charge on any atom is -0.493 e. The van der Waals surface area contributed by atoms with Crippen molar-refractivity contribution in [1.82, 2.24) is 9.80 Å². The van der Waals surface area contributed by atoms with Gasteiger partial charge in [-0.2, -0.15) is 0 Å². The van der Waals surface area contributed by atoms with Gasteiger partial charge in [0.15, 0.2) is 11.5 Å². The Balaban J connectivity index is 2.01. The van der Waals surface area contributed by atoms with E-state index in [0.717, 1.165) is 5.56 Å². The van der Waals surface area contributed by atoms with Gasteiger partial charge in [-0.15, -0.1) is 0 Å². The number of amides is 2. The molecule has 0 saturated carbocycles. The van der Waals surface area contributed by atoms with Crippen molar-refractivity contribution >= 4 is 18.1 Å². The highest BCUT2D eigenvalue weighted by molar-refractivity contribution is 5.97. The molecule has 1 aromatic rings. The van der Waals surface area contributed by atoms with Crippen molar-refractivity contribution in [2.75, 3.05) is 47.0 Å². The number of benzene rings is 1. The first kappa shape index (κ1) is 19.6. The lowest BCUT2D eigenvalue weighted by Gasteiger charge is -2.34. The molecule has 0 aromatic heterocycles. The fourth-order valence-electron chi connectivity index (χ4n) is 2.81. The number of methoxy groups -OCH3 is 2. The first-order valence-corrected chi connectivity index (χ1v) is 8.61. The van der Waals surface area contributed by atoms with Crippen molar-refractivity contribution in [2.45, 2.75) is 13.8 Å². The molecule has 1 aliphatic rings. The lowest BCUT2D eigenvalue weighted by molar-refractivity contribution is -0.128. The first-order valence-electron chi connectivity index (χ1n) is 8.61. The fraction of sp³-hybridized carbons (Fsp3) is 0.474. The molecular formula is C19H26N2O5. The van der Waals surface area contributed by atoms with Gasteiger partial charge in [0.25, 0.3) is 0 Å². The molecule has 0 N–H and O–H groups in total. The molecule has 0 spiro atoms. The molecule has 142 valence electrons. The maximum Gasteiger partial charge on any atom is 0.409 e.